The molecule has 94 valence electrons. The third kappa shape index (κ3) is 5.22. The van der Waals surface area contributed by atoms with Gasteiger partial charge in [-0.15, -0.1) is 0 Å². The van der Waals surface area contributed by atoms with Crippen LogP contribution in [0.2, 0.25) is 0 Å². The highest BCUT2D eigenvalue weighted by atomic mass is 32.2. The Morgan fingerprint density at radius 3 is 2.71 bits per heavy atom. The van der Waals surface area contributed by atoms with E-state index >= 15 is 0 Å². The Morgan fingerprint density at radius 2 is 2.12 bits per heavy atom. The molecule has 0 unspecified atom stereocenters. The first-order chi connectivity index (χ1) is 7.99. The van der Waals surface area contributed by atoms with Crippen molar-refractivity contribution in [1.82, 2.24) is 0 Å². The van der Waals surface area contributed by atoms with E-state index in [-0.39, 0.29) is 11.7 Å². The van der Waals surface area contributed by atoms with Gasteiger partial charge in [0.2, 0.25) is 0 Å². The summed E-state index contributed by atoms with van der Waals surface area (Å²) in [7, 11) is 0. The van der Waals surface area contributed by atoms with Crippen LogP contribution >= 0.6 is 11.8 Å². The van der Waals surface area contributed by atoms with Crippen LogP contribution in [0.4, 0.5) is 4.39 Å². The molecule has 0 aromatic heterocycles. The van der Waals surface area contributed by atoms with E-state index in [0.717, 1.165) is 17.1 Å². The zero-order valence-corrected chi connectivity index (χ0v) is 11.1. The molecular formula is C13H19FN2S. The fourth-order valence-corrected chi connectivity index (χ4v) is 2.58. The Balaban J connectivity index is 2.56. The van der Waals surface area contributed by atoms with Crippen LogP contribution in [0.5, 0.6) is 0 Å². The maximum atomic E-state index is 13.3. The van der Waals surface area contributed by atoms with E-state index in [1.165, 1.54) is 18.6 Å². The molecule has 4 heteroatoms. The van der Waals surface area contributed by atoms with Gasteiger partial charge in [0.25, 0.3) is 0 Å². The van der Waals surface area contributed by atoms with Crippen molar-refractivity contribution < 1.29 is 4.39 Å². The Labute approximate surface area is 106 Å². The number of nitrogens with two attached hydrogens (primary N) is 1. The molecule has 0 amide bonds. The highest BCUT2D eigenvalue weighted by Crippen LogP contribution is 2.17. The number of nitrogens with one attached hydrogen (secondary N) is 1. The van der Waals surface area contributed by atoms with Gasteiger partial charge in [-0.3, -0.25) is 5.41 Å². The molecule has 0 heterocycles. The van der Waals surface area contributed by atoms with Gasteiger partial charge in [0.15, 0.2) is 0 Å². The van der Waals surface area contributed by atoms with Crippen molar-refractivity contribution in [3.63, 3.8) is 0 Å². The molecule has 0 saturated carbocycles. The minimum absolute atomic E-state index is 0.0852. The molecule has 3 N–H and O–H groups in total. The Hall–Kier alpha value is -1.03. The molecule has 0 atom stereocenters. The smallest absolute Gasteiger partial charge is 0.124 e. The van der Waals surface area contributed by atoms with Crippen LogP contribution in [-0.4, -0.2) is 11.6 Å². The molecule has 0 spiro atoms. The van der Waals surface area contributed by atoms with Crippen LogP contribution in [0.1, 0.15) is 31.4 Å². The topological polar surface area (TPSA) is 49.9 Å². The molecule has 1 rings (SSSR count). The van der Waals surface area contributed by atoms with Crippen LogP contribution in [0, 0.1) is 17.1 Å². The minimum Gasteiger partial charge on any atom is -0.384 e. The van der Waals surface area contributed by atoms with Crippen molar-refractivity contribution in [3.8, 4) is 0 Å². The predicted octanol–water partition coefficient (Wildman–Crippen LogP) is 3.39. The van der Waals surface area contributed by atoms with Crippen molar-refractivity contribution in [2.45, 2.75) is 26.0 Å². The van der Waals surface area contributed by atoms with Crippen LogP contribution in [0.25, 0.3) is 0 Å². The van der Waals surface area contributed by atoms with Gasteiger partial charge < -0.3 is 5.73 Å². The van der Waals surface area contributed by atoms with Crippen molar-refractivity contribution in [2.24, 2.45) is 11.7 Å². The lowest BCUT2D eigenvalue weighted by molar-refractivity contribution is 0.625. The third-order valence-electron chi connectivity index (χ3n) is 2.38. The summed E-state index contributed by atoms with van der Waals surface area (Å²) in [5, 5.41) is 7.30. The molecule has 0 fully saturated rings. The second-order valence-electron chi connectivity index (χ2n) is 4.50. The van der Waals surface area contributed by atoms with Crippen LogP contribution < -0.4 is 5.73 Å². The minimum atomic E-state index is -0.322. The van der Waals surface area contributed by atoms with Gasteiger partial charge >= 0.3 is 0 Å². The summed E-state index contributed by atoms with van der Waals surface area (Å²) in [6.45, 7) is 4.38. The Morgan fingerprint density at radius 1 is 1.41 bits per heavy atom. The van der Waals surface area contributed by atoms with E-state index in [2.05, 4.69) is 13.8 Å². The fourth-order valence-electron chi connectivity index (χ4n) is 1.40. The highest BCUT2D eigenvalue weighted by molar-refractivity contribution is 7.98. The zero-order chi connectivity index (χ0) is 12.8. The van der Waals surface area contributed by atoms with Gasteiger partial charge in [0.05, 0.1) is 0 Å². The average Bonchev–Trinajstić information content (AvgIpc) is 2.23. The van der Waals surface area contributed by atoms with E-state index in [0.29, 0.717) is 11.5 Å². The van der Waals surface area contributed by atoms with E-state index in [1.54, 1.807) is 17.8 Å². The normalized spacial score (nSPS) is 10.8. The first-order valence-corrected chi connectivity index (χ1v) is 6.86. The molecule has 0 aliphatic rings. The second kappa shape index (κ2) is 6.64. The summed E-state index contributed by atoms with van der Waals surface area (Å²) >= 11 is 1.79. The first kappa shape index (κ1) is 14.0. The monoisotopic (exact) mass is 254 g/mol. The highest BCUT2D eigenvalue weighted by Gasteiger charge is 2.03. The van der Waals surface area contributed by atoms with Gasteiger partial charge in [0.1, 0.15) is 11.7 Å². The number of hydrogen-bond acceptors (Lipinski definition) is 2. The van der Waals surface area contributed by atoms with E-state index in [1.807, 2.05) is 0 Å². The van der Waals surface area contributed by atoms with Crippen molar-refractivity contribution in [2.75, 3.05) is 5.75 Å². The molecule has 1 aromatic rings. The Kier molecular flexibility index (Phi) is 5.48. The van der Waals surface area contributed by atoms with Gasteiger partial charge in [-0.2, -0.15) is 11.8 Å². The van der Waals surface area contributed by atoms with Crippen LogP contribution in [0.3, 0.4) is 0 Å². The van der Waals surface area contributed by atoms with Crippen molar-refractivity contribution in [1.29, 1.82) is 5.41 Å². The third-order valence-corrected chi connectivity index (χ3v) is 3.44. The fraction of sp³-hybridized carbons (Fsp3) is 0.462. The maximum Gasteiger partial charge on any atom is 0.124 e. The summed E-state index contributed by atoms with van der Waals surface area (Å²) < 4.78 is 13.3. The SMILES string of the molecule is CC(C)CCSCc1cc(F)cc(C(=N)N)c1. The molecule has 2 nitrogen and oxygen atoms in total. The summed E-state index contributed by atoms with van der Waals surface area (Å²) in [5.41, 5.74) is 6.71. The number of rotatable bonds is 6. The number of halogens is 1. The largest absolute Gasteiger partial charge is 0.384 e. The summed E-state index contributed by atoms with van der Waals surface area (Å²) in [6.07, 6.45) is 1.17. The van der Waals surface area contributed by atoms with Gasteiger partial charge in [0, 0.05) is 11.3 Å². The lowest BCUT2D eigenvalue weighted by atomic mass is 10.1. The number of hydrogen-bond donors (Lipinski definition) is 2. The molecule has 0 aliphatic heterocycles. The molecule has 17 heavy (non-hydrogen) atoms. The van der Waals surface area contributed by atoms with E-state index < -0.39 is 0 Å². The number of thioether (sulfide) groups is 1. The van der Waals surface area contributed by atoms with Gasteiger partial charge in [-0.1, -0.05) is 13.8 Å². The van der Waals surface area contributed by atoms with Crippen molar-refractivity contribution >= 4 is 17.6 Å². The lowest BCUT2D eigenvalue weighted by Gasteiger charge is -2.06. The van der Waals surface area contributed by atoms with Crippen LogP contribution in [0.15, 0.2) is 18.2 Å². The molecular weight excluding hydrogens is 235 g/mol. The van der Waals surface area contributed by atoms with Gasteiger partial charge in [-0.05, 0) is 41.9 Å². The second-order valence-corrected chi connectivity index (χ2v) is 5.60. The molecule has 1 aromatic carbocycles. The summed E-state index contributed by atoms with van der Waals surface area (Å²) in [4.78, 5) is 0. The van der Waals surface area contributed by atoms with Crippen molar-refractivity contribution in [3.05, 3.63) is 35.1 Å². The zero-order valence-electron chi connectivity index (χ0n) is 10.3. The van der Waals surface area contributed by atoms with E-state index in [4.69, 9.17) is 11.1 Å². The predicted molar refractivity (Wildman–Crippen MR) is 73.0 cm³/mol. The summed E-state index contributed by atoms with van der Waals surface area (Å²) in [5.74, 6) is 2.13. The number of benzene rings is 1. The quantitative estimate of drug-likeness (QED) is 0.464. The maximum absolute atomic E-state index is 13.3. The molecule has 0 aliphatic carbocycles. The van der Waals surface area contributed by atoms with Crippen LogP contribution in [-0.2, 0) is 5.75 Å². The van der Waals surface area contributed by atoms with Gasteiger partial charge in [-0.25, -0.2) is 4.39 Å². The molecule has 0 bridgehead atoms. The lowest BCUT2D eigenvalue weighted by Crippen LogP contribution is -2.11. The standard InChI is InChI=1S/C13H19FN2S/c1-9(2)3-4-17-8-10-5-11(13(15)16)7-12(14)6-10/h5-7,9H,3-4,8H2,1-2H3,(H3,15,16). The van der Waals surface area contributed by atoms with E-state index in [9.17, 15) is 4.39 Å². The molecule has 0 radical (unpaired) electrons. The first-order valence-electron chi connectivity index (χ1n) is 5.70. The molecule has 0 saturated heterocycles. The number of nitrogen functional groups attached to an aromatic ring is 1. The summed E-state index contributed by atoms with van der Waals surface area (Å²) in [6, 6.07) is 4.59. The Bertz CT molecular complexity index is 391. The average molecular weight is 254 g/mol. The number of amidine groups is 1.